The van der Waals surface area contributed by atoms with Gasteiger partial charge in [0.15, 0.2) is 0 Å². The zero-order valence-corrected chi connectivity index (χ0v) is 8.00. The Bertz CT molecular complexity index is 160. The van der Waals surface area contributed by atoms with Gasteiger partial charge in [-0.2, -0.15) is 0 Å². The highest BCUT2D eigenvalue weighted by molar-refractivity contribution is 6.17. The van der Waals surface area contributed by atoms with E-state index in [1.54, 1.807) is 0 Å². The van der Waals surface area contributed by atoms with E-state index in [2.05, 4.69) is 11.3 Å². The summed E-state index contributed by atoms with van der Waals surface area (Å²) in [6, 6.07) is 0. The second-order valence-corrected chi connectivity index (χ2v) is 2.63. The monoisotopic (exact) mass is 208 g/mol. The number of aliphatic hydroxyl groups is 1. The molecule has 13 heavy (non-hydrogen) atoms. The van der Waals surface area contributed by atoms with Crippen molar-refractivity contribution in [3.05, 3.63) is 12.7 Å². The maximum Gasteiger partial charge on any atom is 0.330 e. The van der Waals surface area contributed by atoms with Crippen LogP contribution in [-0.4, -0.2) is 42.9 Å². The van der Waals surface area contributed by atoms with Crippen molar-refractivity contribution in [1.29, 1.82) is 0 Å². The third-order valence-electron chi connectivity index (χ3n) is 1.12. The minimum absolute atomic E-state index is 0.0901. The van der Waals surface area contributed by atoms with Gasteiger partial charge in [0.1, 0.15) is 12.7 Å². The molecule has 0 radical (unpaired) electrons. The maximum absolute atomic E-state index is 10.5. The molecule has 0 saturated heterocycles. The average molecular weight is 209 g/mol. The van der Waals surface area contributed by atoms with E-state index in [1.165, 1.54) is 0 Å². The molecule has 5 heteroatoms. The molecular formula is C8H13ClO4. The lowest BCUT2D eigenvalue weighted by atomic mass is 10.4. The highest BCUT2D eigenvalue weighted by atomic mass is 35.5. The van der Waals surface area contributed by atoms with Crippen LogP contribution in [0.25, 0.3) is 0 Å². The fourth-order valence-corrected chi connectivity index (χ4v) is 0.668. The van der Waals surface area contributed by atoms with Crippen LogP contribution in [0.1, 0.15) is 0 Å². The Labute approximate surface area is 82.1 Å². The van der Waals surface area contributed by atoms with Gasteiger partial charge in [0.05, 0.1) is 13.2 Å². The predicted molar refractivity (Wildman–Crippen MR) is 48.7 cm³/mol. The molecule has 0 spiro atoms. The SMILES string of the molecule is C=CC(=O)OCC(O)COCCCl. The number of esters is 1. The summed E-state index contributed by atoms with van der Waals surface area (Å²) in [7, 11) is 0. The number of rotatable bonds is 7. The van der Waals surface area contributed by atoms with Crippen LogP contribution in [-0.2, 0) is 14.3 Å². The standard InChI is InChI=1S/C8H13ClO4/c1-2-8(11)13-6-7(10)5-12-4-3-9/h2,7,10H,1,3-6H2. The van der Waals surface area contributed by atoms with E-state index < -0.39 is 12.1 Å². The predicted octanol–water partition coefficient (Wildman–Crippen LogP) is 0.332. The van der Waals surface area contributed by atoms with Crippen molar-refractivity contribution in [2.45, 2.75) is 6.10 Å². The van der Waals surface area contributed by atoms with Crippen molar-refractivity contribution in [1.82, 2.24) is 0 Å². The van der Waals surface area contributed by atoms with Gasteiger partial charge in [0.2, 0.25) is 0 Å². The lowest BCUT2D eigenvalue weighted by molar-refractivity contribution is -0.141. The maximum atomic E-state index is 10.5. The third kappa shape index (κ3) is 7.77. The Morgan fingerprint density at radius 2 is 2.31 bits per heavy atom. The fraction of sp³-hybridized carbons (Fsp3) is 0.625. The van der Waals surface area contributed by atoms with Crippen LogP contribution >= 0.6 is 11.6 Å². The second kappa shape index (κ2) is 8.04. The highest BCUT2D eigenvalue weighted by Gasteiger charge is 2.06. The summed E-state index contributed by atoms with van der Waals surface area (Å²) in [6.07, 6.45) is 0.221. The molecule has 76 valence electrons. The third-order valence-corrected chi connectivity index (χ3v) is 1.27. The molecular weight excluding hydrogens is 196 g/mol. The normalized spacial score (nSPS) is 12.2. The molecule has 0 aliphatic carbocycles. The van der Waals surface area contributed by atoms with Crippen molar-refractivity contribution in [2.24, 2.45) is 0 Å². The molecule has 0 heterocycles. The van der Waals surface area contributed by atoms with Crippen molar-refractivity contribution in [3.8, 4) is 0 Å². The van der Waals surface area contributed by atoms with E-state index in [-0.39, 0.29) is 13.2 Å². The van der Waals surface area contributed by atoms with E-state index in [0.717, 1.165) is 6.08 Å². The van der Waals surface area contributed by atoms with Crippen LogP contribution in [0.5, 0.6) is 0 Å². The number of carbonyl (C=O) groups excluding carboxylic acids is 1. The van der Waals surface area contributed by atoms with Crippen LogP contribution in [0.4, 0.5) is 0 Å². The van der Waals surface area contributed by atoms with Crippen molar-refractivity contribution in [3.63, 3.8) is 0 Å². The Balaban J connectivity index is 3.34. The summed E-state index contributed by atoms with van der Waals surface area (Å²) in [5, 5.41) is 9.14. The number of ether oxygens (including phenoxy) is 2. The largest absolute Gasteiger partial charge is 0.460 e. The van der Waals surface area contributed by atoms with E-state index >= 15 is 0 Å². The smallest absolute Gasteiger partial charge is 0.330 e. The van der Waals surface area contributed by atoms with Crippen LogP contribution in [0.2, 0.25) is 0 Å². The summed E-state index contributed by atoms with van der Waals surface area (Å²) >= 11 is 5.33. The number of alkyl halides is 1. The molecule has 1 N–H and O–H groups in total. The van der Waals surface area contributed by atoms with Gasteiger partial charge in [-0.25, -0.2) is 4.79 Å². The van der Waals surface area contributed by atoms with Crippen molar-refractivity contribution < 1.29 is 19.4 Å². The van der Waals surface area contributed by atoms with Crippen molar-refractivity contribution in [2.75, 3.05) is 25.7 Å². The highest BCUT2D eigenvalue weighted by Crippen LogP contribution is 1.89. The lowest BCUT2D eigenvalue weighted by Crippen LogP contribution is -2.23. The summed E-state index contributed by atoms with van der Waals surface area (Å²) in [5.41, 5.74) is 0. The average Bonchev–Trinajstić information content (AvgIpc) is 2.14. The fourth-order valence-electron chi connectivity index (χ4n) is 0.559. The van der Waals surface area contributed by atoms with Crippen LogP contribution in [0.15, 0.2) is 12.7 Å². The zero-order valence-electron chi connectivity index (χ0n) is 7.24. The molecule has 0 aromatic carbocycles. The summed E-state index contributed by atoms with van der Waals surface area (Å²) in [5.74, 6) is -0.185. The minimum Gasteiger partial charge on any atom is -0.460 e. The molecule has 0 fully saturated rings. The molecule has 4 nitrogen and oxygen atoms in total. The van der Waals surface area contributed by atoms with Gasteiger partial charge >= 0.3 is 5.97 Å². The first-order valence-corrected chi connectivity index (χ1v) is 4.35. The molecule has 0 amide bonds. The quantitative estimate of drug-likeness (QED) is 0.284. The van der Waals surface area contributed by atoms with E-state index in [0.29, 0.717) is 12.5 Å². The number of hydrogen-bond donors (Lipinski definition) is 1. The Morgan fingerprint density at radius 3 is 2.85 bits per heavy atom. The molecule has 0 aromatic heterocycles. The first-order valence-electron chi connectivity index (χ1n) is 3.81. The first-order chi connectivity index (χ1) is 6.20. The second-order valence-electron chi connectivity index (χ2n) is 2.25. The Morgan fingerprint density at radius 1 is 1.62 bits per heavy atom. The summed E-state index contributed by atoms with van der Waals surface area (Å²) < 4.78 is 9.48. The van der Waals surface area contributed by atoms with Gasteiger partial charge in [0, 0.05) is 12.0 Å². The van der Waals surface area contributed by atoms with Gasteiger partial charge < -0.3 is 14.6 Å². The van der Waals surface area contributed by atoms with Gasteiger partial charge in [-0.05, 0) is 0 Å². The van der Waals surface area contributed by atoms with Gasteiger partial charge in [0.25, 0.3) is 0 Å². The van der Waals surface area contributed by atoms with Gasteiger partial charge in [-0.1, -0.05) is 6.58 Å². The van der Waals surface area contributed by atoms with Gasteiger partial charge in [-0.15, -0.1) is 11.6 Å². The van der Waals surface area contributed by atoms with E-state index in [4.69, 9.17) is 21.4 Å². The first kappa shape index (κ1) is 12.4. The lowest BCUT2D eigenvalue weighted by Gasteiger charge is -2.09. The molecule has 0 rings (SSSR count). The van der Waals surface area contributed by atoms with Crippen LogP contribution in [0, 0.1) is 0 Å². The van der Waals surface area contributed by atoms with Gasteiger partial charge in [-0.3, -0.25) is 0 Å². The summed E-state index contributed by atoms with van der Waals surface area (Å²) in [4.78, 5) is 10.5. The number of carbonyl (C=O) groups is 1. The van der Waals surface area contributed by atoms with Crippen molar-refractivity contribution >= 4 is 17.6 Å². The number of hydrogen-bond acceptors (Lipinski definition) is 4. The Hall–Kier alpha value is -0.580. The van der Waals surface area contributed by atoms with Crippen LogP contribution in [0.3, 0.4) is 0 Å². The molecule has 0 aliphatic rings. The Kier molecular flexibility index (Phi) is 7.68. The van der Waals surface area contributed by atoms with E-state index in [9.17, 15) is 4.79 Å². The molecule has 1 atom stereocenters. The number of aliphatic hydroxyl groups excluding tert-OH is 1. The minimum atomic E-state index is -0.813. The van der Waals surface area contributed by atoms with E-state index in [1.807, 2.05) is 0 Å². The zero-order chi connectivity index (χ0) is 10.1. The molecule has 1 unspecified atom stereocenters. The summed E-state index contributed by atoms with van der Waals surface area (Å²) in [6.45, 7) is 3.60. The molecule has 0 aliphatic heterocycles. The molecule has 0 bridgehead atoms. The number of halogens is 1. The van der Waals surface area contributed by atoms with Crippen LogP contribution < -0.4 is 0 Å². The molecule has 0 saturated carbocycles. The molecule has 0 aromatic rings. The topological polar surface area (TPSA) is 55.8 Å².